The van der Waals surface area contributed by atoms with E-state index in [1.54, 1.807) is 18.2 Å². The van der Waals surface area contributed by atoms with Gasteiger partial charge in [0.05, 0.1) is 14.2 Å². The molecule has 4 nitrogen and oxygen atoms in total. The Balaban J connectivity index is 2.40. The lowest BCUT2D eigenvalue weighted by atomic mass is 10.0. The van der Waals surface area contributed by atoms with Crippen molar-refractivity contribution in [2.45, 2.75) is 0 Å². The van der Waals surface area contributed by atoms with Crippen molar-refractivity contribution in [2.24, 2.45) is 0 Å². The number of nitrogens with zero attached hydrogens (tertiary/aromatic N) is 1. The predicted octanol–water partition coefficient (Wildman–Crippen LogP) is 3.63. The van der Waals surface area contributed by atoms with Gasteiger partial charge in [-0.2, -0.15) is 5.26 Å². The average molecular weight is 311 g/mol. The van der Waals surface area contributed by atoms with Gasteiger partial charge in [-0.1, -0.05) is 0 Å². The first-order valence-electron chi connectivity index (χ1n) is 6.72. The molecule has 0 atom stereocenters. The standard InChI is InChI=1S/C18H14FNO3/c1-22-16-8-12(9-17(10-16)23-2)7-14(11-20)18(21)13-3-5-15(19)6-4-13/h3-10H,1-2H3/b14-7+. The molecule has 0 saturated carbocycles. The van der Waals surface area contributed by atoms with Crippen molar-refractivity contribution in [3.05, 3.63) is 65.0 Å². The molecule has 2 aromatic carbocycles. The minimum Gasteiger partial charge on any atom is -0.497 e. The molecule has 0 spiro atoms. The zero-order chi connectivity index (χ0) is 16.8. The number of ether oxygens (including phenoxy) is 2. The van der Waals surface area contributed by atoms with Crippen LogP contribution in [0.15, 0.2) is 48.0 Å². The molecule has 5 heteroatoms. The lowest BCUT2D eigenvalue weighted by Gasteiger charge is -2.06. The first-order valence-corrected chi connectivity index (χ1v) is 6.72. The van der Waals surface area contributed by atoms with E-state index in [1.165, 1.54) is 44.6 Å². The van der Waals surface area contributed by atoms with E-state index in [0.29, 0.717) is 17.1 Å². The first kappa shape index (κ1) is 16.2. The zero-order valence-corrected chi connectivity index (χ0v) is 12.7. The maximum absolute atomic E-state index is 12.9. The van der Waals surface area contributed by atoms with Crippen molar-refractivity contribution < 1.29 is 18.7 Å². The summed E-state index contributed by atoms with van der Waals surface area (Å²) in [6.45, 7) is 0. The summed E-state index contributed by atoms with van der Waals surface area (Å²) in [6.07, 6.45) is 1.44. The Bertz CT molecular complexity index is 767. The molecule has 2 aromatic rings. The number of rotatable bonds is 5. The quantitative estimate of drug-likeness (QED) is 0.480. The van der Waals surface area contributed by atoms with Crippen LogP contribution < -0.4 is 9.47 Å². The Morgan fingerprint density at radius 1 is 1.09 bits per heavy atom. The summed E-state index contributed by atoms with van der Waals surface area (Å²) < 4.78 is 23.2. The minimum atomic E-state index is -0.478. The largest absolute Gasteiger partial charge is 0.497 e. The Morgan fingerprint density at radius 3 is 2.13 bits per heavy atom. The first-order chi connectivity index (χ1) is 11.1. The normalized spacial score (nSPS) is 10.8. The second-order valence-electron chi connectivity index (χ2n) is 4.65. The van der Waals surface area contributed by atoms with E-state index >= 15 is 0 Å². The Hall–Kier alpha value is -3.13. The van der Waals surface area contributed by atoms with Crippen LogP contribution in [0.2, 0.25) is 0 Å². The average Bonchev–Trinajstić information content (AvgIpc) is 2.59. The number of ketones is 1. The molecule has 0 bridgehead atoms. The molecule has 0 amide bonds. The minimum absolute atomic E-state index is 0.0630. The van der Waals surface area contributed by atoms with Crippen LogP contribution >= 0.6 is 0 Å². The molecule has 0 heterocycles. The van der Waals surface area contributed by atoms with Crippen molar-refractivity contribution in [1.82, 2.24) is 0 Å². The molecule has 116 valence electrons. The Kier molecular flexibility index (Phi) is 5.11. The molecule has 0 N–H and O–H groups in total. The summed E-state index contributed by atoms with van der Waals surface area (Å²) in [5, 5.41) is 9.25. The summed E-state index contributed by atoms with van der Waals surface area (Å²) in [4.78, 5) is 12.3. The monoisotopic (exact) mass is 311 g/mol. The van der Waals surface area contributed by atoms with E-state index in [1.807, 2.05) is 6.07 Å². The van der Waals surface area contributed by atoms with E-state index < -0.39 is 11.6 Å². The third-order valence-electron chi connectivity index (χ3n) is 3.16. The smallest absolute Gasteiger partial charge is 0.203 e. The highest BCUT2D eigenvalue weighted by Gasteiger charge is 2.13. The van der Waals surface area contributed by atoms with Gasteiger partial charge in [-0.3, -0.25) is 4.79 Å². The van der Waals surface area contributed by atoms with Gasteiger partial charge >= 0.3 is 0 Å². The third kappa shape index (κ3) is 3.95. The van der Waals surface area contributed by atoms with E-state index in [9.17, 15) is 14.4 Å². The Morgan fingerprint density at radius 2 is 1.65 bits per heavy atom. The number of Topliss-reactive ketones (excluding diaryl/α,β-unsaturated/α-hetero) is 1. The van der Waals surface area contributed by atoms with Crippen LogP contribution in [0.5, 0.6) is 11.5 Å². The van der Waals surface area contributed by atoms with E-state index in [2.05, 4.69) is 0 Å². The fraction of sp³-hybridized carbons (Fsp3) is 0.111. The van der Waals surface area contributed by atoms with Gasteiger partial charge < -0.3 is 9.47 Å². The molecule has 23 heavy (non-hydrogen) atoms. The van der Waals surface area contributed by atoms with Crippen LogP contribution in [-0.4, -0.2) is 20.0 Å². The van der Waals surface area contributed by atoms with Gasteiger partial charge in [0.1, 0.15) is 29.0 Å². The van der Waals surface area contributed by atoms with Gasteiger partial charge in [-0.25, -0.2) is 4.39 Å². The molecule has 2 rings (SSSR count). The number of hydrogen-bond donors (Lipinski definition) is 0. The fourth-order valence-corrected chi connectivity index (χ4v) is 1.98. The maximum atomic E-state index is 12.9. The highest BCUT2D eigenvalue weighted by molar-refractivity contribution is 6.14. The number of halogens is 1. The molecule has 0 aliphatic rings. The van der Waals surface area contributed by atoms with E-state index in [4.69, 9.17) is 9.47 Å². The highest BCUT2D eigenvalue weighted by atomic mass is 19.1. The molecule has 0 aromatic heterocycles. The van der Waals surface area contributed by atoms with Gasteiger partial charge in [0.15, 0.2) is 0 Å². The van der Waals surface area contributed by atoms with Gasteiger partial charge in [-0.15, -0.1) is 0 Å². The molecule has 0 unspecified atom stereocenters. The van der Waals surface area contributed by atoms with E-state index in [-0.39, 0.29) is 11.1 Å². The summed E-state index contributed by atoms with van der Waals surface area (Å²) in [5.74, 6) is 0.167. The lowest BCUT2D eigenvalue weighted by Crippen LogP contribution is -2.02. The van der Waals surface area contributed by atoms with Crippen LogP contribution in [0.3, 0.4) is 0 Å². The summed E-state index contributed by atoms with van der Waals surface area (Å²) in [6, 6.07) is 12.0. The second kappa shape index (κ2) is 7.23. The van der Waals surface area contributed by atoms with Gasteiger partial charge in [0, 0.05) is 11.6 Å². The lowest BCUT2D eigenvalue weighted by molar-refractivity contribution is 0.104. The Labute approximate surface area is 133 Å². The summed E-state index contributed by atoms with van der Waals surface area (Å²) in [7, 11) is 3.02. The number of benzene rings is 2. The van der Waals surface area contributed by atoms with Crippen molar-refractivity contribution in [3.63, 3.8) is 0 Å². The molecular formula is C18H14FNO3. The van der Waals surface area contributed by atoms with E-state index in [0.717, 1.165) is 0 Å². The van der Waals surface area contributed by atoms with Crippen LogP contribution in [0.4, 0.5) is 4.39 Å². The van der Waals surface area contributed by atoms with Crippen LogP contribution in [0.1, 0.15) is 15.9 Å². The number of methoxy groups -OCH3 is 2. The fourth-order valence-electron chi connectivity index (χ4n) is 1.98. The van der Waals surface area contributed by atoms with Gasteiger partial charge in [0.2, 0.25) is 5.78 Å². The number of carbonyl (C=O) groups excluding carboxylic acids is 1. The van der Waals surface area contributed by atoms with Crippen molar-refractivity contribution in [1.29, 1.82) is 5.26 Å². The topological polar surface area (TPSA) is 59.3 Å². The molecule has 0 fully saturated rings. The third-order valence-corrected chi connectivity index (χ3v) is 3.16. The van der Waals surface area contributed by atoms with Crippen molar-refractivity contribution in [3.8, 4) is 17.6 Å². The molecule has 0 saturated heterocycles. The number of allylic oxidation sites excluding steroid dienone is 1. The molecule has 0 radical (unpaired) electrons. The summed E-state index contributed by atoms with van der Waals surface area (Å²) in [5.41, 5.74) is 0.772. The van der Waals surface area contributed by atoms with Crippen LogP contribution in [0.25, 0.3) is 6.08 Å². The van der Waals surface area contributed by atoms with Crippen LogP contribution in [0, 0.1) is 17.1 Å². The number of nitriles is 1. The maximum Gasteiger partial charge on any atom is 0.203 e. The number of hydrogen-bond acceptors (Lipinski definition) is 4. The molecular weight excluding hydrogens is 297 g/mol. The summed E-state index contributed by atoms with van der Waals surface area (Å²) >= 11 is 0. The zero-order valence-electron chi connectivity index (χ0n) is 12.7. The van der Waals surface area contributed by atoms with Gasteiger partial charge in [0.25, 0.3) is 0 Å². The molecule has 0 aliphatic carbocycles. The number of carbonyl (C=O) groups is 1. The van der Waals surface area contributed by atoms with Crippen molar-refractivity contribution in [2.75, 3.05) is 14.2 Å². The predicted molar refractivity (Wildman–Crippen MR) is 83.9 cm³/mol. The van der Waals surface area contributed by atoms with Crippen LogP contribution in [-0.2, 0) is 0 Å². The highest BCUT2D eigenvalue weighted by Crippen LogP contribution is 2.24. The molecule has 0 aliphatic heterocycles. The van der Waals surface area contributed by atoms with Gasteiger partial charge in [-0.05, 0) is 48.0 Å². The van der Waals surface area contributed by atoms with Crippen molar-refractivity contribution >= 4 is 11.9 Å². The SMILES string of the molecule is COc1cc(/C=C(\C#N)C(=O)c2ccc(F)cc2)cc(OC)c1. The second-order valence-corrected chi connectivity index (χ2v) is 4.65.